The molecule has 128 valence electrons. The summed E-state index contributed by atoms with van der Waals surface area (Å²) < 4.78 is 15.6. The van der Waals surface area contributed by atoms with E-state index < -0.39 is 0 Å². The third kappa shape index (κ3) is 3.41. The van der Waals surface area contributed by atoms with Crippen molar-refractivity contribution in [2.45, 2.75) is 25.3 Å². The predicted octanol–water partition coefficient (Wildman–Crippen LogP) is 2.45. The Hall–Kier alpha value is -2.41. The van der Waals surface area contributed by atoms with Gasteiger partial charge in [-0.2, -0.15) is 4.98 Å². The first-order chi connectivity index (χ1) is 11.7. The average molecular weight is 331 g/mol. The quantitative estimate of drug-likeness (QED) is 0.837. The number of ether oxygens (including phenoxy) is 2. The maximum absolute atomic E-state index is 12.2. The zero-order chi connectivity index (χ0) is 16.9. The first-order valence-electron chi connectivity index (χ1n) is 7.99. The van der Waals surface area contributed by atoms with Gasteiger partial charge in [0, 0.05) is 19.2 Å². The van der Waals surface area contributed by atoms with E-state index in [2.05, 4.69) is 10.1 Å². The lowest BCUT2D eigenvalue weighted by atomic mass is 10.0. The van der Waals surface area contributed by atoms with Crippen molar-refractivity contribution >= 4 is 5.91 Å². The Morgan fingerprint density at radius 2 is 2.25 bits per heavy atom. The van der Waals surface area contributed by atoms with Gasteiger partial charge in [-0.25, -0.2) is 0 Å². The Bertz CT molecular complexity index is 701. The SMILES string of the molecule is COCC(=O)N1CCCC[C@@H]1c1nc(-c2cccc(OC)c2)no1. The van der Waals surface area contributed by atoms with E-state index in [0.29, 0.717) is 18.3 Å². The lowest BCUT2D eigenvalue weighted by Gasteiger charge is -2.33. The van der Waals surface area contributed by atoms with Crippen LogP contribution in [0.4, 0.5) is 0 Å². The summed E-state index contributed by atoms with van der Waals surface area (Å²) in [5.41, 5.74) is 0.815. The van der Waals surface area contributed by atoms with Gasteiger partial charge in [-0.1, -0.05) is 17.3 Å². The normalized spacial score (nSPS) is 17.8. The topological polar surface area (TPSA) is 77.7 Å². The number of nitrogens with zero attached hydrogens (tertiary/aromatic N) is 3. The van der Waals surface area contributed by atoms with Crippen LogP contribution in [-0.2, 0) is 9.53 Å². The molecule has 1 aliphatic rings. The van der Waals surface area contributed by atoms with Crippen LogP contribution in [-0.4, -0.2) is 48.3 Å². The summed E-state index contributed by atoms with van der Waals surface area (Å²) in [6, 6.07) is 7.29. The van der Waals surface area contributed by atoms with E-state index in [4.69, 9.17) is 14.0 Å². The molecule has 1 atom stereocenters. The molecular weight excluding hydrogens is 310 g/mol. The van der Waals surface area contributed by atoms with Gasteiger partial charge in [0.05, 0.1) is 7.11 Å². The largest absolute Gasteiger partial charge is 0.497 e. The molecule has 0 N–H and O–H groups in total. The van der Waals surface area contributed by atoms with Gasteiger partial charge in [0.2, 0.25) is 17.6 Å². The monoisotopic (exact) mass is 331 g/mol. The van der Waals surface area contributed by atoms with E-state index in [0.717, 1.165) is 30.6 Å². The van der Waals surface area contributed by atoms with Crippen LogP contribution < -0.4 is 4.74 Å². The highest BCUT2D eigenvalue weighted by Crippen LogP contribution is 2.31. The highest BCUT2D eigenvalue weighted by molar-refractivity contribution is 5.78. The zero-order valence-corrected chi connectivity index (χ0v) is 13.9. The molecule has 1 aliphatic heterocycles. The molecule has 2 heterocycles. The Morgan fingerprint density at radius 3 is 3.04 bits per heavy atom. The molecule has 0 radical (unpaired) electrons. The third-order valence-electron chi connectivity index (χ3n) is 4.15. The molecule has 0 bridgehead atoms. The van der Waals surface area contributed by atoms with Crippen LogP contribution in [0.3, 0.4) is 0 Å². The molecule has 1 aromatic carbocycles. The molecule has 0 unspecified atom stereocenters. The molecule has 3 rings (SSSR count). The van der Waals surface area contributed by atoms with Crippen LogP contribution >= 0.6 is 0 Å². The highest BCUT2D eigenvalue weighted by atomic mass is 16.5. The fourth-order valence-corrected chi connectivity index (χ4v) is 2.94. The number of aromatic nitrogens is 2. The molecular formula is C17H21N3O4. The van der Waals surface area contributed by atoms with Gasteiger partial charge in [0.25, 0.3) is 0 Å². The summed E-state index contributed by atoms with van der Waals surface area (Å²) >= 11 is 0. The molecule has 24 heavy (non-hydrogen) atoms. The van der Waals surface area contributed by atoms with E-state index in [1.54, 1.807) is 12.0 Å². The second-order valence-electron chi connectivity index (χ2n) is 5.72. The minimum atomic E-state index is -0.187. The second-order valence-corrected chi connectivity index (χ2v) is 5.72. The first-order valence-corrected chi connectivity index (χ1v) is 7.99. The Morgan fingerprint density at radius 1 is 1.38 bits per heavy atom. The summed E-state index contributed by atoms with van der Waals surface area (Å²) in [5, 5.41) is 4.07. The van der Waals surface area contributed by atoms with Gasteiger partial charge in [-0.05, 0) is 31.4 Å². The van der Waals surface area contributed by atoms with Crippen LogP contribution in [0, 0.1) is 0 Å². The van der Waals surface area contributed by atoms with E-state index >= 15 is 0 Å². The van der Waals surface area contributed by atoms with Crippen molar-refractivity contribution in [3.8, 4) is 17.1 Å². The number of carbonyl (C=O) groups is 1. The standard InChI is InChI=1S/C17H21N3O4/c1-22-11-15(21)20-9-4-3-8-14(20)17-18-16(19-24-17)12-6-5-7-13(10-12)23-2/h5-7,10,14H,3-4,8-9,11H2,1-2H3/t14-/m1/s1. The summed E-state index contributed by atoms with van der Waals surface area (Å²) in [7, 11) is 3.13. The number of rotatable bonds is 5. The second kappa shape index (κ2) is 7.44. The first kappa shape index (κ1) is 16.4. The van der Waals surface area contributed by atoms with Gasteiger partial charge in [0.15, 0.2) is 0 Å². The van der Waals surface area contributed by atoms with Crippen LogP contribution in [0.2, 0.25) is 0 Å². The number of benzene rings is 1. The molecule has 2 aromatic rings. The average Bonchev–Trinajstić information content (AvgIpc) is 3.12. The number of hydrogen-bond acceptors (Lipinski definition) is 6. The minimum absolute atomic E-state index is 0.0525. The minimum Gasteiger partial charge on any atom is -0.497 e. The van der Waals surface area contributed by atoms with Gasteiger partial charge in [-0.15, -0.1) is 0 Å². The molecule has 1 aromatic heterocycles. The lowest BCUT2D eigenvalue weighted by molar-refractivity contribution is -0.139. The van der Waals surface area contributed by atoms with Crippen molar-refractivity contribution in [1.82, 2.24) is 15.0 Å². The van der Waals surface area contributed by atoms with Crippen LogP contribution in [0.25, 0.3) is 11.4 Å². The number of methoxy groups -OCH3 is 2. The Balaban J connectivity index is 1.83. The van der Waals surface area contributed by atoms with Gasteiger partial charge in [0.1, 0.15) is 18.4 Å². The number of piperidine rings is 1. The molecule has 7 heteroatoms. The lowest BCUT2D eigenvalue weighted by Crippen LogP contribution is -2.40. The third-order valence-corrected chi connectivity index (χ3v) is 4.15. The number of amides is 1. The van der Waals surface area contributed by atoms with Gasteiger partial charge >= 0.3 is 0 Å². The van der Waals surface area contributed by atoms with E-state index in [-0.39, 0.29) is 18.6 Å². The highest BCUT2D eigenvalue weighted by Gasteiger charge is 2.32. The maximum atomic E-state index is 12.2. The molecule has 1 saturated heterocycles. The number of likely N-dealkylation sites (tertiary alicyclic amines) is 1. The van der Waals surface area contributed by atoms with E-state index in [1.165, 1.54) is 7.11 Å². The Kier molecular flexibility index (Phi) is 5.10. The van der Waals surface area contributed by atoms with Crippen molar-refractivity contribution < 1.29 is 18.8 Å². The predicted molar refractivity (Wildman–Crippen MR) is 86.5 cm³/mol. The van der Waals surface area contributed by atoms with Crippen molar-refractivity contribution in [3.63, 3.8) is 0 Å². The molecule has 1 amide bonds. The molecule has 7 nitrogen and oxygen atoms in total. The molecule has 0 aliphatic carbocycles. The summed E-state index contributed by atoms with van der Waals surface area (Å²) in [6.45, 7) is 0.747. The zero-order valence-electron chi connectivity index (χ0n) is 13.9. The van der Waals surface area contributed by atoms with Crippen molar-refractivity contribution in [1.29, 1.82) is 0 Å². The van der Waals surface area contributed by atoms with E-state index in [1.807, 2.05) is 24.3 Å². The van der Waals surface area contributed by atoms with Gasteiger partial charge < -0.3 is 18.9 Å². The van der Waals surface area contributed by atoms with Crippen LogP contribution in [0.5, 0.6) is 5.75 Å². The molecule has 0 spiro atoms. The van der Waals surface area contributed by atoms with Crippen LogP contribution in [0.15, 0.2) is 28.8 Å². The van der Waals surface area contributed by atoms with Crippen molar-refractivity contribution in [2.75, 3.05) is 27.4 Å². The number of hydrogen-bond donors (Lipinski definition) is 0. The summed E-state index contributed by atoms with van der Waals surface area (Å²) in [4.78, 5) is 18.5. The maximum Gasteiger partial charge on any atom is 0.249 e. The molecule has 0 saturated carbocycles. The summed E-state index contributed by atoms with van der Waals surface area (Å²) in [6.07, 6.45) is 2.82. The van der Waals surface area contributed by atoms with Gasteiger partial charge in [-0.3, -0.25) is 4.79 Å². The fourth-order valence-electron chi connectivity index (χ4n) is 2.94. The number of carbonyl (C=O) groups excluding carboxylic acids is 1. The molecule has 1 fully saturated rings. The summed E-state index contributed by atoms with van der Waals surface area (Å²) in [5.74, 6) is 1.64. The van der Waals surface area contributed by atoms with Crippen molar-refractivity contribution in [3.05, 3.63) is 30.2 Å². The van der Waals surface area contributed by atoms with Crippen molar-refractivity contribution in [2.24, 2.45) is 0 Å². The van der Waals surface area contributed by atoms with E-state index in [9.17, 15) is 4.79 Å². The fraction of sp³-hybridized carbons (Fsp3) is 0.471. The smallest absolute Gasteiger partial charge is 0.249 e. The van der Waals surface area contributed by atoms with Crippen LogP contribution in [0.1, 0.15) is 31.2 Å². The Labute approximate surface area is 140 Å².